The number of benzene rings is 1. The number of ether oxygens (including phenoxy) is 2. The van der Waals surface area contributed by atoms with Gasteiger partial charge in [-0.1, -0.05) is 0 Å². The van der Waals surface area contributed by atoms with Gasteiger partial charge in [-0.15, -0.1) is 0 Å². The lowest BCUT2D eigenvalue weighted by Crippen LogP contribution is -2.37. The summed E-state index contributed by atoms with van der Waals surface area (Å²) in [6, 6.07) is 3.89. The summed E-state index contributed by atoms with van der Waals surface area (Å²) in [5, 5.41) is 16.2. The molecule has 1 amide bonds. The molecule has 1 rings (SSSR count). The fourth-order valence-electron chi connectivity index (χ4n) is 1.72. The van der Waals surface area contributed by atoms with Crippen molar-refractivity contribution in [3.63, 3.8) is 0 Å². The zero-order chi connectivity index (χ0) is 17.4. The zero-order valence-electron chi connectivity index (χ0n) is 13.1. The molecule has 0 spiro atoms. The molecule has 0 aliphatic carbocycles. The van der Waals surface area contributed by atoms with Gasteiger partial charge in [0.2, 0.25) is 0 Å². The van der Waals surface area contributed by atoms with Crippen LogP contribution in [0.25, 0.3) is 0 Å². The molecule has 0 fully saturated rings. The van der Waals surface area contributed by atoms with E-state index < -0.39 is 22.9 Å². The second kappa shape index (κ2) is 8.69. The molecular weight excluding hydrogens is 306 g/mol. The molecule has 9 nitrogen and oxygen atoms in total. The van der Waals surface area contributed by atoms with Crippen LogP contribution >= 0.6 is 0 Å². The number of hydrogen-bond acceptors (Lipinski definition) is 7. The Morgan fingerprint density at radius 3 is 2.65 bits per heavy atom. The van der Waals surface area contributed by atoms with Crippen LogP contribution in [0.1, 0.15) is 17.3 Å². The summed E-state index contributed by atoms with van der Waals surface area (Å²) in [6.07, 6.45) is -1.03. The fraction of sp³-hybridized carbons (Fsp3) is 0.429. The van der Waals surface area contributed by atoms with Crippen molar-refractivity contribution in [3.8, 4) is 0 Å². The molecule has 0 aromatic heterocycles. The van der Waals surface area contributed by atoms with Crippen LogP contribution in [0.3, 0.4) is 0 Å². The lowest BCUT2D eigenvalue weighted by Gasteiger charge is -2.13. The predicted octanol–water partition coefficient (Wildman–Crippen LogP) is 0.944. The van der Waals surface area contributed by atoms with Crippen LogP contribution in [0.2, 0.25) is 0 Å². The third-order valence-corrected chi connectivity index (χ3v) is 2.96. The molecule has 1 aromatic carbocycles. The van der Waals surface area contributed by atoms with Crippen LogP contribution in [0, 0.1) is 10.1 Å². The lowest BCUT2D eigenvalue weighted by atomic mass is 10.1. The van der Waals surface area contributed by atoms with E-state index in [0.29, 0.717) is 13.2 Å². The molecule has 23 heavy (non-hydrogen) atoms. The highest BCUT2D eigenvalue weighted by atomic mass is 16.6. The summed E-state index contributed by atoms with van der Waals surface area (Å²) in [7, 11) is 3.03. The van der Waals surface area contributed by atoms with Crippen LogP contribution in [0.15, 0.2) is 18.2 Å². The smallest absolute Gasteiger partial charge is 0.339 e. The van der Waals surface area contributed by atoms with E-state index in [0.717, 1.165) is 6.07 Å². The zero-order valence-corrected chi connectivity index (χ0v) is 13.1. The van der Waals surface area contributed by atoms with Gasteiger partial charge in [0.1, 0.15) is 5.69 Å². The minimum absolute atomic E-state index is 0.00718. The summed E-state index contributed by atoms with van der Waals surface area (Å²) >= 11 is 0. The van der Waals surface area contributed by atoms with Gasteiger partial charge in [-0.05, 0) is 19.1 Å². The molecule has 0 saturated heterocycles. The van der Waals surface area contributed by atoms with Gasteiger partial charge in [0.15, 0.2) is 6.10 Å². The molecule has 126 valence electrons. The standard InChI is InChI=1S/C14H19N3O6/c1-9(13(18)16-6-7-22-3)23-14(19)10-4-5-11(15-2)12(8-10)17(20)21/h4-5,8-9,15H,6-7H2,1-3H3,(H,16,18)/t9-/m1/s1. The van der Waals surface area contributed by atoms with Gasteiger partial charge in [0.05, 0.1) is 17.1 Å². The van der Waals surface area contributed by atoms with E-state index in [1.54, 1.807) is 0 Å². The van der Waals surface area contributed by atoms with Gasteiger partial charge in [-0.25, -0.2) is 4.79 Å². The quantitative estimate of drug-likeness (QED) is 0.316. The van der Waals surface area contributed by atoms with Crippen molar-refractivity contribution in [2.45, 2.75) is 13.0 Å². The van der Waals surface area contributed by atoms with Gasteiger partial charge < -0.3 is 20.1 Å². The van der Waals surface area contributed by atoms with E-state index in [1.165, 1.54) is 33.2 Å². The first-order valence-electron chi connectivity index (χ1n) is 6.84. The molecule has 1 aromatic rings. The number of hydrogen-bond donors (Lipinski definition) is 2. The number of nitrogens with zero attached hydrogens (tertiary/aromatic N) is 1. The van der Waals surface area contributed by atoms with Gasteiger partial charge >= 0.3 is 5.97 Å². The van der Waals surface area contributed by atoms with Crippen molar-refractivity contribution in [3.05, 3.63) is 33.9 Å². The normalized spacial score (nSPS) is 11.4. The number of nitro benzene ring substituents is 1. The average molecular weight is 325 g/mol. The SMILES string of the molecule is CNc1ccc(C(=O)O[C@H](C)C(=O)NCCOC)cc1[N+](=O)[O-]. The van der Waals surface area contributed by atoms with E-state index >= 15 is 0 Å². The number of esters is 1. The van der Waals surface area contributed by atoms with Gasteiger partial charge in [0, 0.05) is 26.8 Å². The molecule has 9 heteroatoms. The molecule has 0 aliphatic heterocycles. The summed E-state index contributed by atoms with van der Waals surface area (Å²) in [6.45, 7) is 2.04. The second-order valence-corrected chi connectivity index (χ2v) is 4.57. The first-order chi connectivity index (χ1) is 10.9. The minimum Gasteiger partial charge on any atom is -0.449 e. The van der Waals surface area contributed by atoms with Crippen LogP contribution in [0.5, 0.6) is 0 Å². The average Bonchev–Trinajstić information content (AvgIpc) is 2.53. The number of rotatable bonds is 8. The Morgan fingerprint density at radius 1 is 1.39 bits per heavy atom. The largest absolute Gasteiger partial charge is 0.449 e. The molecular formula is C14H19N3O6. The first-order valence-corrected chi connectivity index (χ1v) is 6.84. The van der Waals surface area contributed by atoms with Crippen molar-refractivity contribution in [1.82, 2.24) is 5.32 Å². The van der Waals surface area contributed by atoms with Crippen molar-refractivity contribution in [1.29, 1.82) is 0 Å². The molecule has 0 aliphatic rings. The highest BCUT2D eigenvalue weighted by Gasteiger charge is 2.21. The summed E-state index contributed by atoms with van der Waals surface area (Å²) in [5.74, 6) is -1.29. The lowest BCUT2D eigenvalue weighted by molar-refractivity contribution is -0.384. The molecule has 0 unspecified atom stereocenters. The molecule has 0 heterocycles. The van der Waals surface area contributed by atoms with Gasteiger partial charge in [-0.2, -0.15) is 0 Å². The predicted molar refractivity (Wildman–Crippen MR) is 82.4 cm³/mol. The van der Waals surface area contributed by atoms with E-state index in [9.17, 15) is 19.7 Å². The molecule has 0 saturated carbocycles. The Hall–Kier alpha value is -2.68. The highest BCUT2D eigenvalue weighted by molar-refractivity contribution is 5.93. The first kappa shape index (κ1) is 18.4. The van der Waals surface area contributed by atoms with Crippen LogP contribution in [-0.4, -0.2) is 50.2 Å². The van der Waals surface area contributed by atoms with Crippen molar-refractivity contribution in [2.24, 2.45) is 0 Å². The Bertz CT molecular complexity index is 590. The Morgan fingerprint density at radius 2 is 2.09 bits per heavy atom. The van der Waals surface area contributed by atoms with Gasteiger partial charge in [0.25, 0.3) is 11.6 Å². The fourth-order valence-corrected chi connectivity index (χ4v) is 1.72. The number of nitrogens with one attached hydrogen (secondary N) is 2. The number of amides is 1. The minimum atomic E-state index is -1.03. The van der Waals surface area contributed by atoms with Crippen molar-refractivity contribution >= 4 is 23.3 Å². The monoisotopic (exact) mass is 325 g/mol. The highest BCUT2D eigenvalue weighted by Crippen LogP contribution is 2.25. The molecule has 1 atom stereocenters. The summed E-state index contributed by atoms with van der Waals surface area (Å²) in [4.78, 5) is 34.1. The van der Waals surface area contributed by atoms with Crippen LogP contribution in [-0.2, 0) is 14.3 Å². The summed E-state index contributed by atoms with van der Waals surface area (Å²) in [5.41, 5.74) is 0.0169. The van der Waals surface area contributed by atoms with Crippen LogP contribution in [0.4, 0.5) is 11.4 Å². The number of nitro groups is 1. The Kier molecular flexibility index (Phi) is 6.94. The maximum Gasteiger partial charge on any atom is 0.339 e. The molecule has 0 bridgehead atoms. The Labute approximate surface area is 133 Å². The maximum atomic E-state index is 12.0. The number of carbonyl (C=O) groups excluding carboxylic acids is 2. The summed E-state index contributed by atoms with van der Waals surface area (Å²) < 4.78 is 9.79. The second-order valence-electron chi connectivity index (χ2n) is 4.57. The van der Waals surface area contributed by atoms with Crippen LogP contribution < -0.4 is 10.6 Å². The van der Waals surface area contributed by atoms with E-state index in [-0.39, 0.29) is 16.9 Å². The van der Waals surface area contributed by atoms with E-state index in [4.69, 9.17) is 9.47 Å². The maximum absolute atomic E-state index is 12.0. The topological polar surface area (TPSA) is 120 Å². The third-order valence-electron chi connectivity index (χ3n) is 2.96. The molecule has 2 N–H and O–H groups in total. The number of methoxy groups -OCH3 is 1. The van der Waals surface area contributed by atoms with Crippen molar-refractivity contribution in [2.75, 3.05) is 32.6 Å². The number of carbonyl (C=O) groups is 2. The number of anilines is 1. The third kappa shape index (κ3) is 5.22. The van der Waals surface area contributed by atoms with Gasteiger partial charge in [-0.3, -0.25) is 14.9 Å². The Balaban J connectivity index is 2.76. The van der Waals surface area contributed by atoms with Crippen molar-refractivity contribution < 1.29 is 24.0 Å². The van der Waals surface area contributed by atoms with E-state index in [2.05, 4.69) is 10.6 Å². The molecule has 0 radical (unpaired) electrons. The van der Waals surface area contributed by atoms with E-state index in [1.807, 2.05) is 0 Å².